The fourth-order valence-corrected chi connectivity index (χ4v) is 3.51. The summed E-state index contributed by atoms with van der Waals surface area (Å²) >= 11 is 0. The van der Waals surface area contributed by atoms with Crippen LogP contribution in [0.4, 0.5) is 0 Å². The second-order valence-electron chi connectivity index (χ2n) is 8.70. The molecule has 0 spiro atoms. The number of nitrogens with one attached hydrogen (secondary N) is 1. The van der Waals surface area contributed by atoms with Crippen molar-refractivity contribution in [3.05, 3.63) is 65.2 Å². The zero-order valence-corrected chi connectivity index (χ0v) is 20.4. The fraction of sp³-hybridized carbons (Fsp3) is 0.481. The lowest BCUT2D eigenvalue weighted by molar-refractivity contribution is -0.143. The molecule has 174 valence electrons. The van der Waals surface area contributed by atoms with E-state index in [0.717, 1.165) is 17.5 Å². The lowest BCUT2D eigenvalue weighted by Crippen LogP contribution is -2.51. The Bertz CT molecular complexity index is 877. The molecule has 1 N–H and O–H groups in total. The molecule has 5 heteroatoms. The summed E-state index contributed by atoms with van der Waals surface area (Å²) in [6.07, 6.45) is 1.37. The summed E-state index contributed by atoms with van der Waals surface area (Å²) in [5, 5.41) is 3.03. The Labute approximate surface area is 193 Å². The van der Waals surface area contributed by atoms with Gasteiger partial charge in [0.1, 0.15) is 11.8 Å². The molecule has 2 rings (SSSR count). The van der Waals surface area contributed by atoms with Gasteiger partial charge in [-0.2, -0.15) is 0 Å². The molecule has 0 radical (unpaired) electrons. The molecule has 0 aliphatic rings. The Morgan fingerprint density at radius 2 is 1.62 bits per heavy atom. The number of nitrogens with zero attached hydrogens (tertiary/aromatic N) is 1. The molecule has 2 atom stereocenters. The minimum atomic E-state index is -0.553. The number of carbonyl (C=O) groups excluding carboxylic acids is 2. The van der Waals surface area contributed by atoms with Crippen LogP contribution in [0, 0.1) is 6.92 Å². The van der Waals surface area contributed by atoms with E-state index in [0.29, 0.717) is 24.6 Å². The molecule has 0 heterocycles. The SMILES string of the molecule is CC[C@@H](C)NC(=O)[C@@H](CC)N(Cc1ccccc1C)C(=O)COc1ccc(C(C)C)cc1. The summed E-state index contributed by atoms with van der Waals surface area (Å²) in [6.45, 7) is 12.5. The lowest BCUT2D eigenvalue weighted by Gasteiger charge is -2.31. The van der Waals surface area contributed by atoms with Gasteiger partial charge < -0.3 is 15.0 Å². The first kappa shape index (κ1) is 25.4. The molecular weight excluding hydrogens is 400 g/mol. The molecule has 32 heavy (non-hydrogen) atoms. The van der Waals surface area contributed by atoms with Crippen LogP contribution in [0.25, 0.3) is 0 Å². The van der Waals surface area contributed by atoms with Crippen LogP contribution in [0.1, 0.15) is 70.1 Å². The van der Waals surface area contributed by atoms with Crippen LogP contribution < -0.4 is 10.1 Å². The molecule has 0 fully saturated rings. The fourth-order valence-electron chi connectivity index (χ4n) is 3.51. The van der Waals surface area contributed by atoms with Gasteiger partial charge in [-0.25, -0.2) is 0 Å². The normalized spacial score (nSPS) is 12.8. The second-order valence-corrected chi connectivity index (χ2v) is 8.70. The van der Waals surface area contributed by atoms with E-state index < -0.39 is 6.04 Å². The van der Waals surface area contributed by atoms with Crippen LogP contribution in [0.15, 0.2) is 48.5 Å². The van der Waals surface area contributed by atoms with Gasteiger partial charge in [0.2, 0.25) is 5.91 Å². The number of carbonyl (C=O) groups is 2. The standard InChI is InChI=1S/C27H38N2O3/c1-7-21(6)28-27(31)25(8-2)29(17-23-12-10-9-11-20(23)5)26(30)18-32-24-15-13-22(14-16-24)19(3)4/h9-16,19,21,25H,7-8,17-18H2,1-6H3,(H,28,31)/t21-,25-/m1/s1. The van der Waals surface area contributed by atoms with Crippen molar-refractivity contribution in [2.75, 3.05) is 6.61 Å². The van der Waals surface area contributed by atoms with Gasteiger partial charge >= 0.3 is 0 Å². The van der Waals surface area contributed by atoms with E-state index in [2.05, 4.69) is 19.2 Å². The van der Waals surface area contributed by atoms with Gasteiger partial charge in [-0.15, -0.1) is 0 Å². The van der Waals surface area contributed by atoms with Crippen molar-refractivity contribution in [3.8, 4) is 5.75 Å². The maximum atomic E-state index is 13.3. The van der Waals surface area contributed by atoms with Crippen LogP contribution in [0.3, 0.4) is 0 Å². The third-order valence-electron chi connectivity index (χ3n) is 5.90. The lowest BCUT2D eigenvalue weighted by atomic mass is 10.0. The van der Waals surface area contributed by atoms with Crippen molar-refractivity contribution < 1.29 is 14.3 Å². The van der Waals surface area contributed by atoms with Gasteiger partial charge in [0, 0.05) is 12.6 Å². The van der Waals surface area contributed by atoms with Crippen molar-refractivity contribution in [2.24, 2.45) is 0 Å². The number of aryl methyl sites for hydroxylation is 1. The Morgan fingerprint density at radius 3 is 2.19 bits per heavy atom. The molecule has 0 bridgehead atoms. The summed E-state index contributed by atoms with van der Waals surface area (Å²) in [6, 6.07) is 15.3. The van der Waals surface area contributed by atoms with Crippen molar-refractivity contribution in [3.63, 3.8) is 0 Å². The number of hydrogen-bond acceptors (Lipinski definition) is 3. The smallest absolute Gasteiger partial charge is 0.261 e. The number of benzene rings is 2. The van der Waals surface area contributed by atoms with E-state index in [9.17, 15) is 9.59 Å². The summed E-state index contributed by atoms with van der Waals surface area (Å²) in [7, 11) is 0. The predicted octanol–water partition coefficient (Wildman–Crippen LogP) is 5.22. The number of hydrogen-bond donors (Lipinski definition) is 1. The van der Waals surface area contributed by atoms with Crippen LogP contribution in [0.5, 0.6) is 5.75 Å². The van der Waals surface area contributed by atoms with Crippen molar-refractivity contribution >= 4 is 11.8 Å². The Hall–Kier alpha value is -2.82. The minimum Gasteiger partial charge on any atom is -0.484 e. The third-order valence-corrected chi connectivity index (χ3v) is 5.90. The van der Waals surface area contributed by atoms with Crippen LogP contribution >= 0.6 is 0 Å². The molecule has 2 aromatic carbocycles. The predicted molar refractivity (Wildman–Crippen MR) is 130 cm³/mol. The second kappa shape index (κ2) is 12.3. The summed E-state index contributed by atoms with van der Waals surface area (Å²) in [5.41, 5.74) is 3.34. The molecule has 2 aromatic rings. The highest BCUT2D eigenvalue weighted by molar-refractivity contribution is 5.88. The van der Waals surface area contributed by atoms with E-state index >= 15 is 0 Å². The molecule has 0 saturated carbocycles. The third kappa shape index (κ3) is 7.11. The summed E-state index contributed by atoms with van der Waals surface area (Å²) in [4.78, 5) is 27.9. The molecule has 0 aliphatic carbocycles. The van der Waals surface area contributed by atoms with Gasteiger partial charge in [-0.3, -0.25) is 9.59 Å². The first-order valence-corrected chi connectivity index (χ1v) is 11.6. The molecule has 2 amide bonds. The van der Waals surface area contributed by atoms with E-state index in [1.54, 1.807) is 4.90 Å². The summed E-state index contributed by atoms with van der Waals surface area (Å²) < 4.78 is 5.81. The molecule has 0 saturated heterocycles. The van der Waals surface area contributed by atoms with Crippen molar-refractivity contribution in [1.29, 1.82) is 0 Å². The molecule has 0 aromatic heterocycles. The molecular formula is C27H38N2O3. The van der Waals surface area contributed by atoms with Gasteiger partial charge in [0.25, 0.3) is 5.91 Å². The quantitative estimate of drug-likeness (QED) is 0.523. The Balaban J connectivity index is 2.20. The number of rotatable bonds is 11. The molecule has 5 nitrogen and oxygen atoms in total. The zero-order chi connectivity index (χ0) is 23.7. The maximum absolute atomic E-state index is 13.3. The van der Waals surface area contributed by atoms with Gasteiger partial charge in [-0.05, 0) is 61.4 Å². The molecule has 0 unspecified atom stereocenters. The van der Waals surface area contributed by atoms with Gasteiger partial charge in [0.05, 0.1) is 0 Å². The van der Waals surface area contributed by atoms with Gasteiger partial charge in [-0.1, -0.05) is 64.1 Å². The highest BCUT2D eigenvalue weighted by Crippen LogP contribution is 2.20. The van der Waals surface area contributed by atoms with Crippen LogP contribution in [-0.2, 0) is 16.1 Å². The topological polar surface area (TPSA) is 58.6 Å². The first-order valence-electron chi connectivity index (χ1n) is 11.6. The van der Waals surface area contributed by atoms with Gasteiger partial charge in [0.15, 0.2) is 6.61 Å². The largest absolute Gasteiger partial charge is 0.484 e. The van der Waals surface area contributed by atoms with E-state index in [-0.39, 0.29) is 24.5 Å². The summed E-state index contributed by atoms with van der Waals surface area (Å²) in [5.74, 6) is 0.762. The number of amides is 2. The Morgan fingerprint density at radius 1 is 0.969 bits per heavy atom. The molecule has 0 aliphatic heterocycles. The van der Waals surface area contributed by atoms with Crippen molar-refractivity contribution in [1.82, 2.24) is 10.2 Å². The first-order chi connectivity index (χ1) is 15.3. The minimum absolute atomic E-state index is 0.0580. The average Bonchev–Trinajstić information content (AvgIpc) is 2.78. The van der Waals surface area contributed by atoms with Crippen molar-refractivity contribution in [2.45, 2.75) is 78.9 Å². The Kier molecular flexibility index (Phi) is 9.76. The van der Waals surface area contributed by atoms with Crippen LogP contribution in [-0.4, -0.2) is 35.4 Å². The van der Waals surface area contributed by atoms with E-state index in [1.807, 2.05) is 76.2 Å². The average molecular weight is 439 g/mol. The van der Waals surface area contributed by atoms with E-state index in [1.165, 1.54) is 5.56 Å². The van der Waals surface area contributed by atoms with E-state index in [4.69, 9.17) is 4.74 Å². The highest BCUT2D eigenvalue weighted by Gasteiger charge is 2.29. The maximum Gasteiger partial charge on any atom is 0.261 e. The highest BCUT2D eigenvalue weighted by atomic mass is 16.5. The monoisotopic (exact) mass is 438 g/mol. The number of ether oxygens (including phenoxy) is 1. The zero-order valence-electron chi connectivity index (χ0n) is 20.4. The van der Waals surface area contributed by atoms with Crippen LogP contribution in [0.2, 0.25) is 0 Å².